The van der Waals surface area contributed by atoms with E-state index in [0.29, 0.717) is 0 Å². The highest BCUT2D eigenvalue weighted by Crippen LogP contribution is 2.24. The Labute approximate surface area is 126 Å². The highest BCUT2D eigenvalue weighted by Gasteiger charge is 2.05. The fraction of sp³-hybridized carbons (Fsp3) is 0.263. The van der Waals surface area contributed by atoms with Crippen molar-refractivity contribution >= 4 is 10.9 Å². The molecule has 0 aliphatic rings. The van der Waals surface area contributed by atoms with Gasteiger partial charge >= 0.3 is 0 Å². The third-order valence-electron chi connectivity index (χ3n) is 3.72. The van der Waals surface area contributed by atoms with Crippen LogP contribution >= 0.6 is 0 Å². The number of hydrogen-bond donors (Lipinski definition) is 0. The van der Waals surface area contributed by atoms with Crippen LogP contribution in [-0.2, 0) is 6.54 Å². The number of aryl methyl sites for hydroxylation is 1. The van der Waals surface area contributed by atoms with E-state index in [1.807, 2.05) is 13.8 Å². The SMILES string of the molecule is Cc1ccccc1Cn1ccc2cc(OC(C)C)ccc21. The number of fused-ring (bicyclic) bond motifs is 1. The van der Waals surface area contributed by atoms with Crippen LogP contribution in [0.25, 0.3) is 10.9 Å². The first-order chi connectivity index (χ1) is 10.1. The van der Waals surface area contributed by atoms with E-state index in [0.717, 1.165) is 12.3 Å². The summed E-state index contributed by atoms with van der Waals surface area (Å²) in [6.07, 6.45) is 2.35. The van der Waals surface area contributed by atoms with Crippen LogP contribution in [0.1, 0.15) is 25.0 Å². The predicted octanol–water partition coefficient (Wildman–Crippen LogP) is 4.79. The van der Waals surface area contributed by atoms with E-state index in [4.69, 9.17) is 4.74 Å². The van der Waals surface area contributed by atoms with Crippen molar-refractivity contribution in [2.45, 2.75) is 33.4 Å². The second-order valence-electron chi connectivity index (χ2n) is 5.76. The summed E-state index contributed by atoms with van der Waals surface area (Å²) in [6.45, 7) is 7.16. The van der Waals surface area contributed by atoms with Gasteiger partial charge in [-0.2, -0.15) is 0 Å². The van der Waals surface area contributed by atoms with Crippen molar-refractivity contribution in [2.75, 3.05) is 0 Å². The highest BCUT2D eigenvalue weighted by atomic mass is 16.5. The van der Waals surface area contributed by atoms with Crippen LogP contribution in [0.3, 0.4) is 0 Å². The Balaban J connectivity index is 1.92. The number of hydrogen-bond acceptors (Lipinski definition) is 1. The largest absolute Gasteiger partial charge is 0.491 e. The van der Waals surface area contributed by atoms with Crippen LogP contribution in [-0.4, -0.2) is 10.7 Å². The smallest absolute Gasteiger partial charge is 0.120 e. The lowest BCUT2D eigenvalue weighted by molar-refractivity contribution is 0.243. The molecule has 0 saturated heterocycles. The third kappa shape index (κ3) is 2.94. The molecule has 0 aliphatic carbocycles. The average molecular weight is 279 g/mol. The molecule has 0 bridgehead atoms. The Hall–Kier alpha value is -2.22. The van der Waals surface area contributed by atoms with Gasteiger partial charge in [0.25, 0.3) is 0 Å². The summed E-state index contributed by atoms with van der Waals surface area (Å²) in [4.78, 5) is 0. The molecule has 3 aromatic rings. The van der Waals surface area contributed by atoms with E-state index in [2.05, 4.69) is 66.2 Å². The van der Waals surface area contributed by atoms with Crippen molar-refractivity contribution in [1.29, 1.82) is 0 Å². The molecule has 0 aliphatic heterocycles. The Morgan fingerprint density at radius 3 is 2.62 bits per heavy atom. The fourth-order valence-corrected chi connectivity index (χ4v) is 2.63. The summed E-state index contributed by atoms with van der Waals surface area (Å²) in [5.74, 6) is 0.936. The van der Waals surface area contributed by atoms with Gasteiger partial charge in [-0.15, -0.1) is 0 Å². The Morgan fingerprint density at radius 2 is 1.86 bits per heavy atom. The maximum Gasteiger partial charge on any atom is 0.120 e. The predicted molar refractivity (Wildman–Crippen MR) is 88.0 cm³/mol. The minimum Gasteiger partial charge on any atom is -0.491 e. The molecule has 21 heavy (non-hydrogen) atoms. The average Bonchev–Trinajstić information content (AvgIpc) is 2.83. The van der Waals surface area contributed by atoms with Gasteiger partial charge in [-0.25, -0.2) is 0 Å². The van der Waals surface area contributed by atoms with E-state index < -0.39 is 0 Å². The van der Waals surface area contributed by atoms with Crippen LogP contribution in [0.15, 0.2) is 54.7 Å². The zero-order valence-corrected chi connectivity index (χ0v) is 12.8. The molecule has 0 fully saturated rings. The first-order valence-corrected chi connectivity index (χ1v) is 7.43. The van der Waals surface area contributed by atoms with Crippen molar-refractivity contribution in [3.63, 3.8) is 0 Å². The van der Waals surface area contributed by atoms with Gasteiger partial charge < -0.3 is 9.30 Å². The molecule has 3 rings (SSSR count). The second kappa shape index (κ2) is 5.65. The summed E-state index contributed by atoms with van der Waals surface area (Å²) in [6, 6.07) is 17.0. The van der Waals surface area contributed by atoms with E-state index in [1.54, 1.807) is 0 Å². The summed E-state index contributed by atoms with van der Waals surface area (Å²) < 4.78 is 8.05. The first kappa shape index (κ1) is 13.7. The summed E-state index contributed by atoms with van der Waals surface area (Å²) in [5.41, 5.74) is 3.94. The van der Waals surface area contributed by atoms with E-state index >= 15 is 0 Å². The van der Waals surface area contributed by atoms with Gasteiger partial charge in [-0.3, -0.25) is 0 Å². The number of benzene rings is 2. The number of nitrogens with zero attached hydrogens (tertiary/aromatic N) is 1. The number of aromatic nitrogens is 1. The lowest BCUT2D eigenvalue weighted by atomic mass is 10.1. The van der Waals surface area contributed by atoms with Gasteiger partial charge in [0.2, 0.25) is 0 Å². The molecule has 0 atom stereocenters. The zero-order valence-electron chi connectivity index (χ0n) is 12.8. The molecule has 0 radical (unpaired) electrons. The Kier molecular flexibility index (Phi) is 3.70. The minimum atomic E-state index is 0.205. The van der Waals surface area contributed by atoms with E-state index in [-0.39, 0.29) is 6.10 Å². The second-order valence-corrected chi connectivity index (χ2v) is 5.76. The van der Waals surface area contributed by atoms with Gasteiger partial charge in [0.15, 0.2) is 0 Å². The third-order valence-corrected chi connectivity index (χ3v) is 3.72. The number of ether oxygens (including phenoxy) is 1. The van der Waals surface area contributed by atoms with Crippen molar-refractivity contribution in [3.8, 4) is 5.75 Å². The molecule has 2 aromatic carbocycles. The molecule has 1 heterocycles. The molecule has 0 amide bonds. The van der Waals surface area contributed by atoms with Crippen molar-refractivity contribution in [3.05, 3.63) is 65.9 Å². The minimum absolute atomic E-state index is 0.205. The van der Waals surface area contributed by atoms with Crippen molar-refractivity contribution in [2.24, 2.45) is 0 Å². The molecule has 2 nitrogen and oxygen atoms in total. The lowest BCUT2D eigenvalue weighted by Crippen LogP contribution is -2.05. The van der Waals surface area contributed by atoms with Crippen molar-refractivity contribution in [1.82, 2.24) is 4.57 Å². The maximum absolute atomic E-state index is 5.76. The molecule has 0 saturated carbocycles. The monoisotopic (exact) mass is 279 g/mol. The van der Waals surface area contributed by atoms with Gasteiger partial charge in [-0.1, -0.05) is 24.3 Å². The van der Waals surface area contributed by atoms with Crippen LogP contribution in [0.4, 0.5) is 0 Å². The molecule has 0 spiro atoms. The fourth-order valence-electron chi connectivity index (χ4n) is 2.63. The quantitative estimate of drug-likeness (QED) is 0.670. The summed E-state index contributed by atoms with van der Waals surface area (Å²) in [5, 5.41) is 1.22. The molecular weight excluding hydrogens is 258 g/mol. The van der Waals surface area contributed by atoms with Crippen LogP contribution in [0, 0.1) is 6.92 Å². The van der Waals surface area contributed by atoms with Gasteiger partial charge in [0.05, 0.1) is 6.10 Å². The van der Waals surface area contributed by atoms with Gasteiger partial charge in [0, 0.05) is 23.6 Å². The van der Waals surface area contributed by atoms with E-state index in [9.17, 15) is 0 Å². The Morgan fingerprint density at radius 1 is 1.05 bits per heavy atom. The van der Waals surface area contributed by atoms with Gasteiger partial charge in [-0.05, 0) is 56.2 Å². The van der Waals surface area contributed by atoms with Crippen molar-refractivity contribution < 1.29 is 4.74 Å². The Bertz CT molecular complexity index is 755. The van der Waals surface area contributed by atoms with Crippen LogP contribution in [0.2, 0.25) is 0 Å². The van der Waals surface area contributed by atoms with Gasteiger partial charge in [0.1, 0.15) is 5.75 Å². The lowest BCUT2D eigenvalue weighted by Gasteiger charge is -2.11. The molecule has 108 valence electrons. The summed E-state index contributed by atoms with van der Waals surface area (Å²) in [7, 11) is 0. The molecule has 2 heteroatoms. The highest BCUT2D eigenvalue weighted by molar-refractivity contribution is 5.81. The topological polar surface area (TPSA) is 14.2 Å². The van der Waals surface area contributed by atoms with E-state index in [1.165, 1.54) is 22.0 Å². The maximum atomic E-state index is 5.76. The molecule has 0 N–H and O–H groups in total. The van der Waals surface area contributed by atoms with Crippen LogP contribution < -0.4 is 4.74 Å². The zero-order chi connectivity index (χ0) is 14.8. The summed E-state index contributed by atoms with van der Waals surface area (Å²) >= 11 is 0. The normalized spacial score (nSPS) is 11.2. The number of rotatable bonds is 4. The standard InChI is InChI=1S/C19H21NO/c1-14(2)21-18-8-9-19-16(12-18)10-11-20(19)13-17-7-5-4-6-15(17)3/h4-12,14H,13H2,1-3H3. The van der Waals surface area contributed by atoms with Crippen LogP contribution in [0.5, 0.6) is 5.75 Å². The molecule has 0 unspecified atom stereocenters. The molecular formula is C19H21NO. The first-order valence-electron chi connectivity index (χ1n) is 7.43. The molecule has 1 aromatic heterocycles.